The lowest BCUT2D eigenvalue weighted by Gasteiger charge is -2.29. The lowest BCUT2D eigenvalue weighted by atomic mass is 9.76. The summed E-state index contributed by atoms with van der Waals surface area (Å²) >= 11 is 1.39. The van der Waals surface area contributed by atoms with Crippen LogP contribution < -0.4 is 16.0 Å². The fourth-order valence-electron chi connectivity index (χ4n) is 3.54. The van der Waals surface area contributed by atoms with Crippen molar-refractivity contribution >= 4 is 17.3 Å². The van der Waals surface area contributed by atoms with Gasteiger partial charge in [-0.25, -0.2) is 4.79 Å². The van der Waals surface area contributed by atoms with Crippen LogP contribution in [0.1, 0.15) is 46.6 Å². The van der Waals surface area contributed by atoms with Crippen LogP contribution in [0.2, 0.25) is 0 Å². The number of fused-ring (bicyclic) bond motifs is 1. The fourth-order valence-corrected chi connectivity index (χ4v) is 4.85. The van der Waals surface area contributed by atoms with Gasteiger partial charge in [-0.2, -0.15) is 0 Å². The molecule has 0 amide bonds. The summed E-state index contributed by atoms with van der Waals surface area (Å²) in [5.41, 5.74) is 4.14. The Morgan fingerprint density at radius 1 is 1.39 bits per heavy atom. The number of halogens is 3. The number of alkyl halides is 3. The molecule has 0 fully saturated rings. The van der Waals surface area contributed by atoms with Gasteiger partial charge in [-0.15, -0.1) is 24.5 Å². The lowest BCUT2D eigenvalue weighted by Crippen LogP contribution is -2.23. The van der Waals surface area contributed by atoms with Crippen molar-refractivity contribution in [3.63, 3.8) is 0 Å². The summed E-state index contributed by atoms with van der Waals surface area (Å²) in [6.45, 7) is 4.15. The van der Waals surface area contributed by atoms with Gasteiger partial charge in [0.25, 0.3) is 0 Å². The highest BCUT2D eigenvalue weighted by molar-refractivity contribution is 7.16. The molecule has 0 saturated carbocycles. The minimum atomic E-state index is -4.83. The molecule has 0 aliphatic heterocycles. The van der Waals surface area contributed by atoms with Crippen LogP contribution in [0.15, 0.2) is 18.2 Å². The molecule has 4 N–H and O–H groups in total. The highest BCUT2D eigenvalue weighted by Crippen LogP contribution is 2.45. The monoisotopic (exact) mass is 414 g/mol. The third-order valence-corrected chi connectivity index (χ3v) is 6.17. The molecule has 5 nitrogen and oxygen atoms in total. The number of hydrogen-bond acceptors (Lipinski definition) is 5. The van der Waals surface area contributed by atoms with Crippen molar-refractivity contribution in [1.82, 2.24) is 5.43 Å². The number of carbonyl (C=O) groups is 1. The van der Waals surface area contributed by atoms with E-state index >= 15 is 0 Å². The van der Waals surface area contributed by atoms with E-state index in [-0.39, 0.29) is 28.8 Å². The van der Waals surface area contributed by atoms with Gasteiger partial charge in [-0.3, -0.25) is 11.3 Å². The molecule has 1 aromatic heterocycles. The Labute approximate surface area is 164 Å². The first kappa shape index (κ1) is 20.6. The molecular formula is C19H21F3N2O3S. The molecule has 1 aromatic carbocycles. The summed E-state index contributed by atoms with van der Waals surface area (Å²) in [6, 6.07) is 4.15. The molecule has 0 radical (unpaired) electrons. The lowest BCUT2D eigenvalue weighted by molar-refractivity contribution is -0.274. The maximum absolute atomic E-state index is 12.6. The summed E-state index contributed by atoms with van der Waals surface area (Å²) in [6.07, 6.45) is -2.42. The van der Waals surface area contributed by atoms with Gasteiger partial charge in [0.15, 0.2) is 0 Å². The Bertz CT molecular complexity index is 907. The first-order valence-corrected chi connectivity index (χ1v) is 9.53. The number of aryl methyl sites for hydroxylation is 1. The summed E-state index contributed by atoms with van der Waals surface area (Å²) in [7, 11) is 0. The van der Waals surface area contributed by atoms with Gasteiger partial charge in [-0.05, 0) is 54.0 Å². The third-order valence-electron chi connectivity index (χ3n) is 4.83. The van der Waals surface area contributed by atoms with Crippen LogP contribution in [0.25, 0.3) is 10.4 Å². The summed E-state index contributed by atoms with van der Waals surface area (Å²) in [5, 5.41) is 9.82. The van der Waals surface area contributed by atoms with Crippen LogP contribution in [0.5, 0.6) is 5.75 Å². The number of ether oxygens (including phenoxy) is 1. The number of benzene rings is 1. The molecule has 1 heterocycles. The first-order chi connectivity index (χ1) is 13.0. The second kappa shape index (κ2) is 7.38. The Balaban J connectivity index is 2.10. The minimum Gasteiger partial charge on any atom is -0.478 e. The Morgan fingerprint density at radius 2 is 2.11 bits per heavy atom. The number of carboxylic acids is 1. The molecule has 0 atom stereocenters. The second-order valence-electron chi connectivity index (χ2n) is 7.61. The number of aromatic carboxylic acids is 1. The number of thiophene rings is 1. The van der Waals surface area contributed by atoms with Gasteiger partial charge in [0.1, 0.15) is 5.75 Å². The number of rotatable bonds is 5. The average Bonchev–Trinajstić information content (AvgIpc) is 2.92. The van der Waals surface area contributed by atoms with Crippen molar-refractivity contribution in [2.45, 2.75) is 46.0 Å². The number of carboxylic acid groups (broad SMARTS) is 1. The van der Waals surface area contributed by atoms with E-state index in [9.17, 15) is 23.1 Å². The van der Waals surface area contributed by atoms with Crippen molar-refractivity contribution in [3.05, 3.63) is 39.8 Å². The molecule has 0 saturated heterocycles. The van der Waals surface area contributed by atoms with Gasteiger partial charge < -0.3 is 9.84 Å². The van der Waals surface area contributed by atoms with E-state index in [1.165, 1.54) is 29.5 Å². The highest BCUT2D eigenvalue weighted by atomic mass is 32.1. The zero-order chi connectivity index (χ0) is 20.7. The molecule has 9 heteroatoms. The van der Waals surface area contributed by atoms with Crippen molar-refractivity contribution in [2.75, 3.05) is 0 Å². The summed E-state index contributed by atoms with van der Waals surface area (Å²) in [4.78, 5) is 13.6. The quantitative estimate of drug-likeness (QED) is 0.496. The molecule has 0 unspecified atom stereocenters. The molecule has 2 aromatic rings. The first-order valence-electron chi connectivity index (χ1n) is 8.71. The fraction of sp³-hybridized carbons (Fsp3) is 0.421. The van der Waals surface area contributed by atoms with E-state index in [0.717, 1.165) is 23.3 Å². The molecule has 3 rings (SSSR count). The van der Waals surface area contributed by atoms with Crippen LogP contribution >= 0.6 is 11.3 Å². The van der Waals surface area contributed by atoms with E-state index in [4.69, 9.17) is 5.84 Å². The predicted molar refractivity (Wildman–Crippen MR) is 100 cm³/mol. The molecule has 0 bridgehead atoms. The molecular weight excluding hydrogens is 393 g/mol. The zero-order valence-electron chi connectivity index (χ0n) is 15.4. The van der Waals surface area contributed by atoms with Gasteiger partial charge in [0, 0.05) is 21.9 Å². The van der Waals surface area contributed by atoms with Crippen LogP contribution in [-0.4, -0.2) is 17.4 Å². The predicted octanol–water partition coefficient (Wildman–Crippen LogP) is 4.49. The Kier molecular flexibility index (Phi) is 5.44. The molecule has 0 spiro atoms. The zero-order valence-corrected chi connectivity index (χ0v) is 16.3. The second-order valence-corrected chi connectivity index (χ2v) is 8.71. The number of hydrogen-bond donors (Lipinski definition) is 3. The Morgan fingerprint density at radius 3 is 2.71 bits per heavy atom. The normalized spacial score (nSPS) is 15.9. The van der Waals surface area contributed by atoms with Gasteiger partial charge >= 0.3 is 12.3 Å². The van der Waals surface area contributed by atoms with Crippen molar-refractivity contribution in [3.8, 4) is 16.2 Å². The number of nitrogens with one attached hydrogen (secondary N) is 1. The largest absolute Gasteiger partial charge is 0.573 e. The summed E-state index contributed by atoms with van der Waals surface area (Å²) < 4.78 is 42.0. The topological polar surface area (TPSA) is 84.6 Å². The van der Waals surface area contributed by atoms with Gasteiger partial charge in [0.05, 0.1) is 5.56 Å². The maximum atomic E-state index is 12.6. The SMILES string of the molecule is CC1(C)CCc2sc(-c3ccc(OC(F)(F)F)c(CNN)c3)c(C(=O)O)c2C1. The van der Waals surface area contributed by atoms with Crippen LogP contribution in [0.4, 0.5) is 13.2 Å². The van der Waals surface area contributed by atoms with Crippen LogP contribution in [0, 0.1) is 5.41 Å². The third kappa shape index (κ3) is 4.31. The van der Waals surface area contributed by atoms with Crippen molar-refractivity contribution < 1.29 is 27.8 Å². The minimum absolute atomic E-state index is 0.00851. The number of nitrogens with two attached hydrogens (primary N) is 1. The van der Waals surface area contributed by atoms with Crippen molar-refractivity contribution in [2.24, 2.45) is 11.3 Å². The number of hydrazine groups is 1. The van der Waals surface area contributed by atoms with Crippen LogP contribution in [0.3, 0.4) is 0 Å². The van der Waals surface area contributed by atoms with E-state index in [2.05, 4.69) is 24.0 Å². The van der Waals surface area contributed by atoms with Gasteiger partial charge in [0.2, 0.25) is 0 Å². The highest BCUT2D eigenvalue weighted by Gasteiger charge is 2.34. The molecule has 28 heavy (non-hydrogen) atoms. The van der Waals surface area contributed by atoms with Crippen LogP contribution in [-0.2, 0) is 19.4 Å². The Hall–Kier alpha value is -2.10. The van der Waals surface area contributed by atoms with Gasteiger partial charge in [-0.1, -0.05) is 13.8 Å². The van der Waals surface area contributed by atoms with E-state index in [0.29, 0.717) is 16.9 Å². The molecule has 1 aliphatic carbocycles. The molecule has 1 aliphatic rings. The maximum Gasteiger partial charge on any atom is 0.573 e. The average molecular weight is 414 g/mol. The van der Waals surface area contributed by atoms with E-state index < -0.39 is 12.3 Å². The molecule has 152 valence electrons. The summed E-state index contributed by atoms with van der Waals surface area (Å²) in [5.74, 6) is 3.90. The van der Waals surface area contributed by atoms with Crippen molar-refractivity contribution in [1.29, 1.82) is 0 Å². The smallest absolute Gasteiger partial charge is 0.478 e. The van der Waals surface area contributed by atoms with E-state index in [1.807, 2.05) is 0 Å². The van der Waals surface area contributed by atoms with E-state index in [1.54, 1.807) is 0 Å². The standard InChI is InChI=1S/C19H21F3N2O3S/c1-18(2)6-5-14-12(8-18)15(17(25)26)16(28-14)10-3-4-13(27-19(20,21)22)11(7-10)9-24-23/h3-4,7,24H,5-6,8-9,23H2,1-2H3,(H,25,26).